The van der Waals surface area contributed by atoms with Crippen LogP contribution in [-0.4, -0.2) is 72.1 Å². The fourth-order valence-electron chi connectivity index (χ4n) is 3.52. The van der Waals surface area contributed by atoms with E-state index in [-0.39, 0.29) is 5.91 Å². The average molecular weight is 430 g/mol. The van der Waals surface area contributed by atoms with E-state index in [9.17, 15) is 4.79 Å². The van der Waals surface area contributed by atoms with E-state index in [0.29, 0.717) is 23.1 Å². The molecule has 0 unspecified atom stereocenters. The van der Waals surface area contributed by atoms with Gasteiger partial charge in [-0.1, -0.05) is 17.4 Å². The van der Waals surface area contributed by atoms with Crippen LogP contribution in [0, 0.1) is 6.92 Å². The van der Waals surface area contributed by atoms with Gasteiger partial charge >= 0.3 is 0 Å². The molecule has 4 rings (SSSR count). The minimum absolute atomic E-state index is 0.133. The molecule has 3 heterocycles. The number of methoxy groups -OCH3 is 1. The summed E-state index contributed by atoms with van der Waals surface area (Å²) in [4.78, 5) is 22.3. The van der Waals surface area contributed by atoms with Crippen molar-refractivity contribution in [1.29, 1.82) is 0 Å². The maximum atomic E-state index is 13.4. The Bertz CT molecular complexity index is 1020. The lowest BCUT2D eigenvalue weighted by Crippen LogP contribution is -2.43. The summed E-state index contributed by atoms with van der Waals surface area (Å²) in [5.41, 5.74) is 2.34. The van der Waals surface area contributed by atoms with Gasteiger partial charge in [0, 0.05) is 38.9 Å². The average Bonchev–Trinajstić information content (AvgIpc) is 3.43. The van der Waals surface area contributed by atoms with Crippen molar-refractivity contribution in [3.05, 3.63) is 35.7 Å². The van der Waals surface area contributed by atoms with Gasteiger partial charge in [0.25, 0.3) is 5.91 Å². The summed E-state index contributed by atoms with van der Waals surface area (Å²) in [5.74, 6) is 0.583. The Kier molecular flexibility index (Phi) is 6.31. The molecule has 9 heteroatoms. The molecule has 0 spiro atoms. The number of thiazole rings is 1. The van der Waals surface area contributed by atoms with Crippen molar-refractivity contribution in [3.8, 4) is 5.75 Å². The normalized spacial score (nSPS) is 14.9. The fourth-order valence-corrected chi connectivity index (χ4v) is 4.59. The van der Waals surface area contributed by atoms with E-state index < -0.39 is 0 Å². The first-order valence-electron chi connectivity index (χ1n) is 10.2. The lowest BCUT2D eigenvalue weighted by atomic mass is 10.2. The first kappa shape index (κ1) is 20.8. The quantitative estimate of drug-likeness (QED) is 0.575. The second kappa shape index (κ2) is 9.11. The molecule has 3 aromatic rings. The maximum Gasteiger partial charge on any atom is 0.280 e. The van der Waals surface area contributed by atoms with Crippen LogP contribution in [-0.2, 0) is 11.3 Å². The molecule has 8 nitrogen and oxygen atoms in total. The molecule has 0 saturated carbocycles. The fraction of sp³-hybridized carbons (Fsp3) is 0.476. The lowest BCUT2D eigenvalue weighted by Gasteiger charge is -2.29. The zero-order valence-corrected chi connectivity index (χ0v) is 18.4. The Hall–Kier alpha value is -2.49. The van der Waals surface area contributed by atoms with E-state index in [1.165, 1.54) is 11.3 Å². The molecule has 0 atom stereocenters. The second-order valence-electron chi connectivity index (χ2n) is 7.23. The van der Waals surface area contributed by atoms with Crippen molar-refractivity contribution in [2.75, 3.05) is 51.4 Å². The van der Waals surface area contributed by atoms with E-state index in [1.807, 2.05) is 32.2 Å². The number of ether oxygens (including phenoxy) is 2. The van der Waals surface area contributed by atoms with Gasteiger partial charge in [0.1, 0.15) is 11.3 Å². The smallest absolute Gasteiger partial charge is 0.280 e. The van der Waals surface area contributed by atoms with Gasteiger partial charge in [0.05, 0.1) is 25.0 Å². The number of hydrogen-bond donors (Lipinski definition) is 0. The standard InChI is InChI=1S/C21H27N5O3S/c1-4-25-8-7-16(23-25)20(27)26(10-9-24-11-13-29-14-12-24)21-22-18-17(28-3)6-5-15(2)19(18)30-21/h5-8H,4,9-14H2,1-3H3. The van der Waals surface area contributed by atoms with Crippen LogP contribution in [0.2, 0.25) is 0 Å². The predicted octanol–water partition coefficient (Wildman–Crippen LogP) is 2.81. The number of anilines is 1. The number of rotatable bonds is 7. The molecule has 2 aromatic heterocycles. The summed E-state index contributed by atoms with van der Waals surface area (Å²) in [5, 5.41) is 5.09. The van der Waals surface area contributed by atoms with Gasteiger partial charge in [0.15, 0.2) is 10.8 Å². The Morgan fingerprint density at radius 1 is 1.30 bits per heavy atom. The molecule has 1 fully saturated rings. The Morgan fingerprint density at radius 3 is 2.80 bits per heavy atom. The van der Waals surface area contributed by atoms with Crippen molar-refractivity contribution in [2.45, 2.75) is 20.4 Å². The molecule has 1 aromatic carbocycles. The van der Waals surface area contributed by atoms with Crippen molar-refractivity contribution in [3.63, 3.8) is 0 Å². The summed E-state index contributed by atoms with van der Waals surface area (Å²) < 4.78 is 13.7. The Balaban J connectivity index is 1.67. The molecule has 160 valence electrons. The van der Waals surface area contributed by atoms with Crippen LogP contribution in [0.3, 0.4) is 0 Å². The van der Waals surface area contributed by atoms with Crippen LogP contribution in [0.15, 0.2) is 24.4 Å². The zero-order chi connectivity index (χ0) is 21.1. The largest absolute Gasteiger partial charge is 0.494 e. The first-order chi connectivity index (χ1) is 14.6. The summed E-state index contributed by atoms with van der Waals surface area (Å²) in [6.45, 7) is 9.27. The molecule has 1 saturated heterocycles. The molecule has 0 bridgehead atoms. The topological polar surface area (TPSA) is 72.7 Å². The second-order valence-corrected chi connectivity index (χ2v) is 8.20. The van der Waals surface area contributed by atoms with Crippen LogP contribution in [0.1, 0.15) is 23.0 Å². The molecule has 30 heavy (non-hydrogen) atoms. The minimum atomic E-state index is -0.133. The van der Waals surface area contributed by atoms with E-state index in [4.69, 9.17) is 14.5 Å². The number of hydrogen-bond acceptors (Lipinski definition) is 7. The SMILES string of the molecule is CCn1ccc(C(=O)N(CCN2CCOCC2)c2nc3c(OC)ccc(C)c3s2)n1. The van der Waals surface area contributed by atoms with Crippen LogP contribution in [0.25, 0.3) is 10.2 Å². The molecule has 1 aliphatic rings. The van der Waals surface area contributed by atoms with Crippen molar-refractivity contribution < 1.29 is 14.3 Å². The maximum absolute atomic E-state index is 13.4. The number of morpholine rings is 1. The number of nitrogens with zero attached hydrogens (tertiary/aromatic N) is 5. The number of fused-ring (bicyclic) bond motifs is 1. The van der Waals surface area contributed by atoms with Gasteiger partial charge in [-0.15, -0.1) is 0 Å². The van der Waals surface area contributed by atoms with Gasteiger partial charge < -0.3 is 9.47 Å². The first-order valence-corrected chi connectivity index (χ1v) is 11.0. The number of carbonyl (C=O) groups is 1. The molecule has 0 N–H and O–H groups in total. The highest BCUT2D eigenvalue weighted by Gasteiger charge is 2.25. The van der Waals surface area contributed by atoms with Crippen molar-refractivity contribution >= 4 is 32.6 Å². The van der Waals surface area contributed by atoms with Crippen molar-refractivity contribution in [1.82, 2.24) is 19.7 Å². The van der Waals surface area contributed by atoms with Crippen molar-refractivity contribution in [2.24, 2.45) is 0 Å². The van der Waals surface area contributed by atoms with Gasteiger partial charge in [-0.05, 0) is 31.5 Å². The third-order valence-electron chi connectivity index (χ3n) is 5.32. The number of aromatic nitrogens is 3. The summed E-state index contributed by atoms with van der Waals surface area (Å²) >= 11 is 1.52. The van der Waals surface area contributed by atoms with Gasteiger partial charge in [0.2, 0.25) is 0 Å². The van der Waals surface area contributed by atoms with Gasteiger partial charge in [-0.3, -0.25) is 19.3 Å². The van der Waals surface area contributed by atoms with E-state index in [1.54, 1.807) is 22.8 Å². The summed E-state index contributed by atoms with van der Waals surface area (Å²) in [6.07, 6.45) is 1.83. The lowest BCUT2D eigenvalue weighted by molar-refractivity contribution is 0.0391. The summed E-state index contributed by atoms with van der Waals surface area (Å²) in [6, 6.07) is 5.71. The van der Waals surface area contributed by atoms with E-state index in [0.717, 1.165) is 55.2 Å². The zero-order valence-electron chi connectivity index (χ0n) is 17.6. The highest BCUT2D eigenvalue weighted by atomic mass is 32.1. The molecular formula is C21H27N5O3S. The van der Waals surface area contributed by atoms with E-state index >= 15 is 0 Å². The molecular weight excluding hydrogens is 402 g/mol. The highest BCUT2D eigenvalue weighted by Crippen LogP contribution is 2.36. The number of aryl methyl sites for hydroxylation is 2. The predicted molar refractivity (Wildman–Crippen MR) is 118 cm³/mol. The van der Waals surface area contributed by atoms with Gasteiger partial charge in [-0.25, -0.2) is 4.98 Å². The minimum Gasteiger partial charge on any atom is -0.494 e. The van der Waals surface area contributed by atoms with Crippen LogP contribution >= 0.6 is 11.3 Å². The Labute approximate surface area is 180 Å². The molecule has 1 amide bonds. The summed E-state index contributed by atoms with van der Waals surface area (Å²) in [7, 11) is 1.64. The van der Waals surface area contributed by atoms with Gasteiger partial charge in [-0.2, -0.15) is 5.10 Å². The Morgan fingerprint density at radius 2 is 2.10 bits per heavy atom. The highest BCUT2D eigenvalue weighted by molar-refractivity contribution is 7.22. The number of amides is 1. The number of carbonyl (C=O) groups excluding carboxylic acids is 1. The molecule has 0 radical (unpaired) electrons. The van der Waals surface area contributed by atoms with Crippen LogP contribution < -0.4 is 9.64 Å². The van der Waals surface area contributed by atoms with Crippen LogP contribution in [0.5, 0.6) is 5.75 Å². The third kappa shape index (κ3) is 4.19. The van der Waals surface area contributed by atoms with Crippen LogP contribution in [0.4, 0.5) is 5.13 Å². The third-order valence-corrected chi connectivity index (χ3v) is 6.53. The number of benzene rings is 1. The molecule has 1 aliphatic heterocycles. The van der Waals surface area contributed by atoms with E-state index in [2.05, 4.69) is 10.00 Å². The monoisotopic (exact) mass is 429 g/mol. The molecule has 0 aliphatic carbocycles.